The summed E-state index contributed by atoms with van der Waals surface area (Å²) in [5.74, 6) is 0. The van der Waals surface area contributed by atoms with Crippen molar-refractivity contribution in [2.75, 3.05) is 0 Å². The molecule has 0 fully saturated rings. The van der Waals surface area contributed by atoms with Crippen LogP contribution in [0.5, 0.6) is 0 Å². The highest BCUT2D eigenvalue weighted by atomic mass is 16.3. The molecule has 0 saturated heterocycles. The highest BCUT2D eigenvalue weighted by Gasteiger charge is 2.64. The zero-order valence-corrected chi connectivity index (χ0v) is 29.0. The van der Waals surface area contributed by atoms with Gasteiger partial charge in [-0.3, -0.25) is 0 Å². The van der Waals surface area contributed by atoms with Crippen molar-refractivity contribution in [3.8, 4) is 22.3 Å². The van der Waals surface area contributed by atoms with Crippen molar-refractivity contribution in [3.05, 3.63) is 214 Å². The minimum atomic E-state index is -0.550. The average molecular weight is 685 g/mol. The van der Waals surface area contributed by atoms with E-state index >= 15 is 0 Å². The molecule has 2 aromatic heterocycles. The fourth-order valence-electron chi connectivity index (χ4n) is 11.6. The van der Waals surface area contributed by atoms with Crippen molar-refractivity contribution in [2.45, 2.75) is 10.8 Å². The summed E-state index contributed by atoms with van der Waals surface area (Å²) in [5.41, 5.74) is 20.9. The van der Waals surface area contributed by atoms with Crippen LogP contribution in [0.3, 0.4) is 0 Å². The standard InChI is InChI=1S/C52H28O2/c1-7-19-37-33(15-1)45-41(27-25-31-29-13-5-11-23-43(29)53-49(31)45)51(37)39-21-9-3-17-35(39)48-47(51)36-18-4-10-22-40(36)52(48)38-20-8-2-16-34(38)46-42(52)28-26-32-30-14-6-12-24-44(30)54-50(32)46/h1-28H. The van der Waals surface area contributed by atoms with Crippen LogP contribution in [-0.2, 0) is 10.8 Å². The molecule has 4 aliphatic carbocycles. The number of para-hydroxylation sites is 2. The van der Waals surface area contributed by atoms with Crippen LogP contribution in [0.2, 0.25) is 0 Å². The fraction of sp³-hybridized carbons (Fsp3) is 0.0385. The molecule has 2 atom stereocenters. The Bertz CT molecular complexity index is 3180. The van der Waals surface area contributed by atoms with E-state index in [4.69, 9.17) is 8.83 Å². The van der Waals surface area contributed by atoms with Gasteiger partial charge in [-0.05, 0) is 78.9 Å². The summed E-state index contributed by atoms with van der Waals surface area (Å²) < 4.78 is 13.7. The second kappa shape index (κ2) is 9.17. The van der Waals surface area contributed by atoms with Crippen molar-refractivity contribution in [1.29, 1.82) is 0 Å². The molecule has 4 aliphatic rings. The first kappa shape index (κ1) is 27.7. The zero-order valence-electron chi connectivity index (χ0n) is 29.0. The van der Waals surface area contributed by atoms with Gasteiger partial charge in [0.15, 0.2) is 0 Å². The molecule has 0 aliphatic heterocycles. The quantitative estimate of drug-likeness (QED) is 0.159. The van der Waals surface area contributed by atoms with Gasteiger partial charge in [-0.15, -0.1) is 0 Å². The second-order valence-electron chi connectivity index (χ2n) is 15.4. The van der Waals surface area contributed by atoms with Gasteiger partial charge in [0, 0.05) is 32.7 Å². The van der Waals surface area contributed by atoms with Gasteiger partial charge in [-0.2, -0.15) is 0 Å². The third-order valence-electron chi connectivity index (χ3n) is 13.3. The molecule has 2 unspecified atom stereocenters. The number of benzene rings is 8. The van der Waals surface area contributed by atoms with Crippen LogP contribution >= 0.6 is 0 Å². The molecule has 2 spiro atoms. The number of furan rings is 2. The van der Waals surface area contributed by atoms with Crippen molar-refractivity contribution < 1.29 is 8.83 Å². The topological polar surface area (TPSA) is 26.3 Å². The molecule has 14 rings (SSSR count). The molecule has 8 aromatic carbocycles. The van der Waals surface area contributed by atoms with Crippen LogP contribution in [0.1, 0.15) is 44.5 Å². The molecular formula is C52H28O2. The first-order valence-electron chi connectivity index (χ1n) is 18.9. The SMILES string of the molecule is c1ccc2c(c1)C1=C(c3ccccc3C13c1ccccc1-c1c3ccc3c1oc1ccccc13)C21c2ccccc2-c2c1ccc1c2oc2ccccc21. The molecule has 54 heavy (non-hydrogen) atoms. The average Bonchev–Trinajstić information content (AvgIpc) is 4.05. The molecule has 0 radical (unpaired) electrons. The van der Waals surface area contributed by atoms with Crippen molar-refractivity contribution >= 4 is 55.0 Å². The zero-order chi connectivity index (χ0) is 34.9. The lowest BCUT2D eigenvalue weighted by atomic mass is 9.66. The van der Waals surface area contributed by atoms with E-state index in [0.717, 1.165) is 43.9 Å². The number of rotatable bonds is 0. The van der Waals surface area contributed by atoms with E-state index in [-0.39, 0.29) is 0 Å². The monoisotopic (exact) mass is 684 g/mol. The summed E-state index contributed by atoms with van der Waals surface area (Å²) in [7, 11) is 0. The van der Waals surface area contributed by atoms with Gasteiger partial charge in [-0.25, -0.2) is 0 Å². The largest absolute Gasteiger partial charge is 0.455 e. The van der Waals surface area contributed by atoms with E-state index in [1.807, 2.05) is 0 Å². The Balaban J connectivity index is 1.19. The summed E-state index contributed by atoms with van der Waals surface area (Å²) in [6, 6.07) is 63.0. The Morgan fingerprint density at radius 1 is 0.278 bits per heavy atom. The molecular weight excluding hydrogens is 657 g/mol. The highest BCUT2D eigenvalue weighted by molar-refractivity contribution is 6.23. The lowest BCUT2D eigenvalue weighted by Gasteiger charge is -2.34. The van der Waals surface area contributed by atoms with E-state index in [9.17, 15) is 0 Å². The highest BCUT2D eigenvalue weighted by Crippen LogP contribution is 2.75. The molecule has 2 heterocycles. The van der Waals surface area contributed by atoms with Gasteiger partial charge in [0.2, 0.25) is 0 Å². The third kappa shape index (κ3) is 2.80. The van der Waals surface area contributed by atoms with Gasteiger partial charge in [-0.1, -0.05) is 158 Å². The Morgan fingerprint density at radius 2 is 0.630 bits per heavy atom. The van der Waals surface area contributed by atoms with Gasteiger partial charge in [0.1, 0.15) is 22.3 Å². The molecule has 2 heteroatoms. The smallest absolute Gasteiger partial charge is 0.143 e. The minimum Gasteiger partial charge on any atom is -0.455 e. The molecule has 2 nitrogen and oxygen atoms in total. The Kier molecular flexibility index (Phi) is 4.71. The van der Waals surface area contributed by atoms with Gasteiger partial charge < -0.3 is 8.83 Å². The maximum atomic E-state index is 6.85. The number of hydrogen-bond acceptors (Lipinski definition) is 2. The summed E-state index contributed by atoms with van der Waals surface area (Å²) in [4.78, 5) is 0. The lowest BCUT2D eigenvalue weighted by molar-refractivity contribution is 0.669. The first-order valence-corrected chi connectivity index (χ1v) is 18.9. The molecule has 248 valence electrons. The maximum absolute atomic E-state index is 6.85. The summed E-state index contributed by atoms with van der Waals surface area (Å²) in [6.45, 7) is 0. The van der Waals surface area contributed by atoms with Gasteiger partial charge >= 0.3 is 0 Å². The van der Waals surface area contributed by atoms with E-state index in [0.29, 0.717) is 0 Å². The van der Waals surface area contributed by atoms with Crippen molar-refractivity contribution in [1.82, 2.24) is 0 Å². The van der Waals surface area contributed by atoms with Crippen LogP contribution in [0.4, 0.5) is 0 Å². The molecule has 0 saturated carbocycles. The lowest BCUT2D eigenvalue weighted by Crippen LogP contribution is -2.28. The van der Waals surface area contributed by atoms with Crippen molar-refractivity contribution in [2.24, 2.45) is 0 Å². The van der Waals surface area contributed by atoms with Crippen LogP contribution in [-0.4, -0.2) is 0 Å². The predicted octanol–water partition coefficient (Wildman–Crippen LogP) is 13.1. The van der Waals surface area contributed by atoms with Gasteiger partial charge in [0.05, 0.1) is 10.8 Å². The number of fused-ring (bicyclic) bond motifs is 26. The van der Waals surface area contributed by atoms with E-state index in [1.165, 1.54) is 77.9 Å². The Hall–Kier alpha value is -6.90. The molecule has 0 N–H and O–H groups in total. The summed E-state index contributed by atoms with van der Waals surface area (Å²) >= 11 is 0. The molecule has 10 aromatic rings. The van der Waals surface area contributed by atoms with Crippen LogP contribution in [0, 0.1) is 0 Å². The maximum Gasteiger partial charge on any atom is 0.143 e. The van der Waals surface area contributed by atoms with Crippen molar-refractivity contribution in [3.63, 3.8) is 0 Å². The van der Waals surface area contributed by atoms with E-state index in [1.54, 1.807) is 0 Å². The Labute approximate surface area is 310 Å². The number of allylic oxidation sites excluding steroid dienone is 2. The predicted molar refractivity (Wildman–Crippen MR) is 218 cm³/mol. The molecule has 0 amide bonds. The minimum absolute atomic E-state index is 0.550. The molecule has 0 bridgehead atoms. The normalized spacial score (nSPS) is 19.6. The van der Waals surface area contributed by atoms with E-state index in [2.05, 4.69) is 170 Å². The Morgan fingerprint density at radius 3 is 1.07 bits per heavy atom. The van der Waals surface area contributed by atoms with Gasteiger partial charge in [0.25, 0.3) is 0 Å². The van der Waals surface area contributed by atoms with Crippen LogP contribution < -0.4 is 0 Å². The summed E-state index contributed by atoms with van der Waals surface area (Å²) in [5, 5.41) is 4.63. The summed E-state index contributed by atoms with van der Waals surface area (Å²) in [6.07, 6.45) is 0. The van der Waals surface area contributed by atoms with Crippen LogP contribution in [0.25, 0.3) is 77.3 Å². The van der Waals surface area contributed by atoms with Crippen LogP contribution in [0.15, 0.2) is 179 Å². The second-order valence-corrected chi connectivity index (χ2v) is 15.4. The third-order valence-corrected chi connectivity index (χ3v) is 13.3. The first-order chi connectivity index (χ1) is 26.8. The number of hydrogen-bond donors (Lipinski definition) is 0. The van der Waals surface area contributed by atoms with E-state index < -0.39 is 10.8 Å². The fourth-order valence-corrected chi connectivity index (χ4v) is 11.6.